The maximum atomic E-state index is 11.2. The summed E-state index contributed by atoms with van der Waals surface area (Å²) in [5.41, 5.74) is 0. The van der Waals surface area contributed by atoms with Gasteiger partial charge in [0.25, 0.3) is 0 Å². The van der Waals surface area contributed by atoms with Gasteiger partial charge in [-0.2, -0.15) is 0 Å². The minimum Gasteiger partial charge on any atom is -0.290 e. The van der Waals surface area contributed by atoms with Crippen LogP contribution in [0.3, 0.4) is 0 Å². The Morgan fingerprint density at radius 3 is 2.73 bits per heavy atom. The van der Waals surface area contributed by atoms with Crippen LogP contribution in [0, 0.1) is 10.1 Å². The van der Waals surface area contributed by atoms with Crippen LogP contribution >= 0.6 is 34.5 Å². The molecule has 0 N–H and O–H groups in total. The number of halogens is 2. The zero-order valence-corrected chi connectivity index (χ0v) is 9.77. The molecule has 82 valence electrons. The zero-order chi connectivity index (χ0) is 11.6. The van der Waals surface area contributed by atoms with E-state index in [9.17, 15) is 14.9 Å². The molecule has 15 heavy (non-hydrogen) atoms. The topological polar surface area (TPSA) is 76.3 Å². The van der Waals surface area contributed by atoms with Crippen molar-refractivity contribution in [2.75, 3.05) is 17.8 Å². The molecule has 6 nitrogen and oxygen atoms in total. The molecule has 0 spiro atoms. The van der Waals surface area contributed by atoms with Crippen LogP contribution in [0.2, 0.25) is 5.15 Å². The van der Waals surface area contributed by atoms with Gasteiger partial charge in [0, 0.05) is 7.05 Å². The third-order valence-corrected chi connectivity index (χ3v) is 3.19. The van der Waals surface area contributed by atoms with Gasteiger partial charge in [-0.1, -0.05) is 11.6 Å². The van der Waals surface area contributed by atoms with Crippen molar-refractivity contribution >= 4 is 50.6 Å². The lowest BCUT2D eigenvalue weighted by Crippen LogP contribution is -2.26. The molecule has 1 aromatic rings. The number of alkyl halides is 1. The molecule has 0 saturated carbocycles. The fourth-order valence-corrected chi connectivity index (χ4v) is 1.98. The fraction of sp³-hybridized carbons (Fsp3) is 0.333. The molecule has 0 aliphatic carbocycles. The van der Waals surface area contributed by atoms with Gasteiger partial charge in [0.15, 0.2) is 5.13 Å². The quantitative estimate of drug-likeness (QED) is 0.477. The zero-order valence-electron chi connectivity index (χ0n) is 7.44. The molecule has 0 aliphatic rings. The Morgan fingerprint density at radius 2 is 2.33 bits per heavy atom. The molecule has 9 heteroatoms. The molecule has 0 fully saturated rings. The summed E-state index contributed by atoms with van der Waals surface area (Å²) in [6.45, 7) is 0. The van der Waals surface area contributed by atoms with E-state index in [0.717, 1.165) is 16.2 Å². The largest absolute Gasteiger partial charge is 0.364 e. The summed E-state index contributed by atoms with van der Waals surface area (Å²) in [5.74, 6) is -0.626. The average molecular weight is 270 g/mol. The number of nitro groups is 1. The standard InChI is InChI=1S/C6H5Cl2N3O3S/c1-10(3(12)2-7)6-9-4(8)5(15-6)11(13)14/h2H2,1H3. The molecule has 0 saturated heterocycles. The van der Waals surface area contributed by atoms with E-state index in [-0.39, 0.29) is 21.2 Å². The van der Waals surface area contributed by atoms with Crippen molar-refractivity contribution in [2.45, 2.75) is 0 Å². The van der Waals surface area contributed by atoms with Gasteiger partial charge in [0.05, 0.1) is 4.92 Å². The summed E-state index contributed by atoms with van der Waals surface area (Å²) >= 11 is 11.6. The first kappa shape index (κ1) is 12.2. The highest BCUT2D eigenvalue weighted by atomic mass is 35.5. The van der Waals surface area contributed by atoms with Crippen LogP contribution in [0.5, 0.6) is 0 Å². The molecular formula is C6H5Cl2N3O3S. The maximum Gasteiger partial charge on any atom is 0.364 e. The second kappa shape index (κ2) is 4.73. The van der Waals surface area contributed by atoms with E-state index in [1.807, 2.05) is 0 Å². The molecule has 0 radical (unpaired) electrons. The normalized spacial score (nSPS) is 10.1. The van der Waals surface area contributed by atoms with Crippen molar-refractivity contribution in [2.24, 2.45) is 0 Å². The van der Waals surface area contributed by atoms with Gasteiger partial charge in [-0.25, -0.2) is 4.98 Å². The summed E-state index contributed by atoms with van der Waals surface area (Å²) in [6, 6.07) is 0. The minimum atomic E-state index is -0.650. The van der Waals surface area contributed by atoms with E-state index in [4.69, 9.17) is 23.2 Å². The summed E-state index contributed by atoms with van der Waals surface area (Å²) in [5, 5.41) is 10.1. The first-order valence-electron chi connectivity index (χ1n) is 3.60. The number of hydrogen-bond donors (Lipinski definition) is 0. The third-order valence-electron chi connectivity index (χ3n) is 1.50. The Morgan fingerprint density at radius 1 is 1.73 bits per heavy atom. The minimum absolute atomic E-state index is 0.150. The highest BCUT2D eigenvalue weighted by molar-refractivity contribution is 7.19. The molecular weight excluding hydrogens is 265 g/mol. The van der Waals surface area contributed by atoms with Crippen molar-refractivity contribution in [1.82, 2.24) is 4.98 Å². The Kier molecular flexibility index (Phi) is 3.83. The predicted molar refractivity (Wildman–Crippen MR) is 57.9 cm³/mol. The highest BCUT2D eigenvalue weighted by Crippen LogP contribution is 2.35. The van der Waals surface area contributed by atoms with Gasteiger partial charge >= 0.3 is 5.00 Å². The third kappa shape index (κ3) is 2.55. The molecule has 1 heterocycles. The van der Waals surface area contributed by atoms with Crippen LogP contribution in [0.15, 0.2) is 0 Å². The number of thiazole rings is 1. The number of hydrogen-bond acceptors (Lipinski definition) is 5. The van der Waals surface area contributed by atoms with Crippen molar-refractivity contribution < 1.29 is 9.72 Å². The van der Waals surface area contributed by atoms with Crippen LogP contribution < -0.4 is 4.90 Å². The Hall–Kier alpha value is -0.920. The second-order valence-corrected chi connectivity index (χ2v) is 4.02. The lowest BCUT2D eigenvalue weighted by molar-refractivity contribution is -0.380. The molecule has 1 amide bonds. The van der Waals surface area contributed by atoms with Gasteiger partial charge in [-0.05, 0) is 11.3 Å². The Labute approximate surface area is 98.6 Å². The Balaban J connectivity index is 3.02. The number of aromatic nitrogens is 1. The molecule has 0 aromatic carbocycles. The van der Waals surface area contributed by atoms with Gasteiger partial charge in [0.1, 0.15) is 5.88 Å². The summed E-state index contributed by atoms with van der Waals surface area (Å²) in [6.07, 6.45) is 0. The molecule has 1 aromatic heterocycles. The molecule has 0 unspecified atom stereocenters. The van der Waals surface area contributed by atoms with Crippen molar-refractivity contribution in [1.29, 1.82) is 0 Å². The fourth-order valence-electron chi connectivity index (χ4n) is 0.736. The lowest BCUT2D eigenvalue weighted by atomic mass is 10.6. The van der Waals surface area contributed by atoms with Crippen molar-refractivity contribution in [3.63, 3.8) is 0 Å². The van der Waals surface area contributed by atoms with Crippen LogP contribution in [-0.2, 0) is 4.79 Å². The molecule has 0 aliphatic heterocycles. The summed E-state index contributed by atoms with van der Waals surface area (Å²) in [7, 11) is 1.42. The average Bonchev–Trinajstić information content (AvgIpc) is 2.58. The van der Waals surface area contributed by atoms with Crippen LogP contribution in [0.25, 0.3) is 0 Å². The first-order chi connectivity index (χ1) is 6.97. The van der Waals surface area contributed by atoms with E-state index in [2.05, 4.69) is 4.98 Å². The van der Waals surface area contributed by atoms with Crippen LogP contribution in [-0.4, -0.2) is 28.7 Å². The summed E-state index contributed by atoms with van der Waals surface area (Å²) in [4.78, 5) is 25.8. The van der Waals surface area contributed by atoms with Gasteiger partial charge < -0.3 is 0 Å². The number of rotatable bonds is 3. The molecule has 0 atom stereocenters. The number of nitrogens with zero attached hydrogens (tertiary/aromatic N) is 3. The van der Waals surface area contributed by atoms with Gasteiger partial charge in [-0.15, -0.1) is 11.6 Å². The van der Waals surface area contributed by atoms with Crippen LogP contribution in [0.4, 0.5) is 10.1 Å². The number of carbonyl (C=O) groups excluding carboxylic acids is 1. The maximum absolute atomic E-state index is 11.2. The number of amides is 1. The predicted octanol–water partition coefficient (Wildman–Crippen LogP) is 1.91. The number of carbonyl (C=O) groups is 1. The van der Waals surface area contributed by atoms with E-state index in [0.29, 0.717) is 0 Å². The summed E-state index contributed by atoms with van der Waals surface area (Å²) < 4.78 is 0. The van der Waals surface area contributed by atoms with Gasteiger partial charge in [-0.3, -0.25) is 19.8 Å². The Bertz CT molecular complexity index is 408. The highest BCUT2D eigenvalue weighted by Gasteiger charge is 2.23. The second-order valence-electron chi connectivity index (χ2n) is 2.44. The van der Waals surface area contributed by atoms with E-state index in [1.165, 1.54) is 7.05 Å². The van der Waals surface area contributed by atoms with Crippen molar-refractivity contribution in [3.8, 4) is 0 Å². The SMILES string of the molecule is CN(C(=O)CCl)c1nc(Cl)c([N+](=O)[O-])s1. The van der Waals surface area contributed by atoms with Crippen molar-refractivity contribution in [3.05, 3.63) is 15.3 Å². The van der Waals surface area contributed by atoms with E-state index < -0.39 is 10.8 Å². The molecule has 0 bridgehead atoms. The number of anilines is 1. The van der Waals surface area contributed by atoms with Gasteiger partial charge in [0.2, 0.25) is 11.1 Å². The lowest BCUT2D eigenvalue weighted by Gasteiger charge is -2.10. The van der Waals surface area contributed by atoms with E-state index >= 15 is 0 Å². The smallest absolute Gasteiger partial charge is 0.290 e. The van der Waals surface area contributed by atoms with Crippen LogP contribution in [0.1, 0.15) is 0 Å². The van der Waals surface area contributed by atoms with E-state index in [1.54, 1.807) is 0 Å². The molecule has 1 rings (SSSR count). The first-order valence-corrected chi connectivity index (χ1v) is 5.33. The monoisotopic (exact) mass is 269 g/mol.